The van der Waals surface area contributed by atoms with Gasteiger partial charge in [0.15, 0.2) is 0 Å². The summed E-state index contributed by atoms with van der Waals surface area (Å²) in [6.07, 6.45) is -1.81. The highest BCUT2D eigenvalue weighted by Crippen LogP contribution is 2.30. The van der Waals surface area contributed by atoms with Crippen molar-refractivity contribution in [3.05, 3.63) is 66.1 Å². The molecule has 3 N–H and O–H groups in total. The van der Waals surface area contributed by atoms with Gasteiger partial charge in [-0.15, -0.1) is 0 Å². The number of anilines is 2. The van der Waals surface area contributed by atoms with E-state index in [9.17, 15) is 18.0 Å². The van der Waals surface area contributed by atoms with Crippen LogP contribution >= 0.6 is 0 Å². The summed E-state index contributed by atoms with van der Waals surface area (Å²) >= 11 is 0. The molecule has 1 heterocycles. The number of carbonyl (C=O) groups excluding carboxylic acids is 1. The van der Waals surface area contributed by atoms with Crippen LogP contribution in [0.5, 0.6) is 0 Å². The van der Waals surface area contributed by atoms with Crippen LogP contribution in [-0.4, -0.2) is 15.9 Å². The molecule has 0 aliphatic carbocycles. The zero-order chi connectivity index (χ0) is 19.4. The smallest absolute Gasteiger partial charge is 0.360 e. The Morgan fingerprint density at radius 2 is 2.00 bits per heavy atom. The molecular formula is C18H12F3N5O. The molecule has 0 aliphatic heterocycles. The van der Waals surface area contributed by atoms with E-state index >= 15 is 0 Å². The lowest BCUT2D eigenvalue weighted by Crippen LogP contribution is -2.15. The van der Waals surface area contributed by atoms with Crippen molar-refractivity contribution in [2.24, 2.45) is 0 Å². The van der Waals surface area contributed by atoms with Gasteiger partial charge >= 0.3 is 6.18 Å². The minimum absolute atomic E-state index is 0.0603. The van der Waals surface area contributed by atoms with Crippen LogP contribution in [0.4, 0.5) is 24.5 Å². The summed E-state index contributed by atoms with van der Waals surface area (Å²) in [6, 6.07) is 11.1. The fourth-order valence-electron chi connectivity index (χ4n) is 2.30. The number of benzene rings is 2. The quantitative estimate of drug-likeness (QED) is 0.477. The highest BCUT2D eigenvalue weighted by Gasteiger charge is 2.30. The lowest BCUT2D eigenvalue weighted by atomic mass is 10.2. The van der Waals surface area contributed by atoms with Gasteiger partial charge in [0.05, 0.1) is 22.9 Å². The largest absolute Gasteiger partial charge is 0.416 e. The Kier molecular flexibility index (Phi) is 4.81. The minimum atomic E-state index is -4.53. The van der Waals surface area contributed by atoms with E-state index in [4.69, 9.17) is 5.26 Å². The normalized spacial score (nSPS) is 11.9. The first-order valence-corrected chi connectivity index (χ1v) is 7.65. The van der Waals surface area contributed by atoms with Gasteiger partial charge in [-0.2, -0.15) is 18.4 Å². The molecule has 3 rings (SSSR count). The Hall–Kier alpha value is -3.80. The molecule has 0 atom stereocenters. The molecule has 0 fully saturated rings. The monoisotopic (exact) mass is 371 g/mol. The summed E-state index contributed by atoms with van der Waals surface area (Å²) in [4.78, 5) is 19.2. The SMILES string of the molecule is N#C/C(=C/Nc1ccc2nc[nH]c2c1)C(=O)Nc1cccc(C(F)(F)F)c1. The number of aromatic nitrogens is 2. The number of aromatic amines is 1. The number of carbonyl (C=O) groups is 1. The number of fused-ring (bicyclic) bond motifs is 1. The van der Waals surface area contributed by atoms with Crippen LogP contribution in [0, 0.1) is 11.3 Å². The lowest BCUT2D eigenvalue weighted by molar-refractivity contribution is -0.137. The third kappa shape index (κ3) is 4.24. The van der Waals surface area contributed by atoms with Gasteiger partial charge in [0.1, 0.15) is 11.6 Å². The van der Waals surface area contributed by atoms with Crippen LogP contribution in [0.3, 0.4) is 0 Å². The maximum Gasteiger partial charge on any atom is 0.416 e. The van der Waals surface area contributed by atoms with Crippen LogP contribution in [0.2, 0.25) is 0 Å². The molecule has 0 spiro atoms. The molecule has 9 heteroatoms. The molecule has 1 amide bonds. The van der Waals surface area contributed by atoms with E-state index in [1.807, 2.05) is 0 Å². The number of alkyl halides is 3. The summed E-state index contributed by atoms with van der Waals surface area (Å²) in [5.41, 5.74) is 0.875. The first kappa shape index (κ1) is 18.0. The van der Waals surface area contributed by atoms with Crippen molar-refractivity contribution < 1.29 is 18.0 Å². The predicted molar refractivity (Wildman–Crippen MR) is 93.5 cm³/mol. The third-order valence-corrected chi connectivity index (χ3v) is 3.62. The summed E-state index contributed by atoms with van der Waals surface area (Å²) < 4.78 is 38.2. The number of halogens is 3. The first-order chi connectivity index (χ1) is 12.9. The fourth-order valence-corrected chi connectivity index (χ4v) is 2.30. The molecule has 0 bridgehead atoms. The molecule has 3 aromatic rings. The van der Waals surface area contributed by atoms with Gasteiger partial charge in [-0.1, -0.05) is 6.07 Å². The van der Waals surface area contributed by atoms with E-state index in [0.717, 1.165) is 23.2 Å². The van der Waals surface area contributed by atoms with Gasteiger partial charge in [-0.05, 0) is 36.4 Å². The summed E-state index contributed by atoms with van der Waals surface area (Å²) in [5.74, 6) is -0.827. The maximum absolute atomic E-state index is 12.7. The number of nitrogens with one attached hydrogen (secondary N) is 3. The van der Waals surface area contributed by atoms with Crippen molar-refractivity contribution >= 4 is 28.3 Å². The Balaban J connectivity index is 1.74. The van der Waals surface area contributed by atoms with Crippen molar-refractivity contribution in [2.45, 2.75) is 6.18 Å². The second-order valence-electron chi connectivity index (χ2n) is 5.48. The number of amides is 1. The molecular weight excluding hydrogens is 359 g/mol. The zero-order valence-electron chi connectivity index (χ0n) is 13.6. The zero-order valence-corrected chi connectivity index (χ0v) is 13.6. The van der Waals surface area contributed by atoms with E-state index in [1.165, 1.54) is 24.7 Å². The van der Waals surface area contributed by atoms with Crippen LogP contribution in [0.25, 0.3) is 11.0 Å². The van der Waals surface area contributed by atoms with Crippen LogP contribution in [-0.2, 0) is 11.0 Å². The van der Waals surface area contributed by atoms with Crippen LogP contribution in [0.1, 0.15) is 5.56 Å². The molecule has 2 aromatic carbocycles. The molecule has 0 saturated carbocycles. The van der Waals surface area contributed by atoms with E-state index in [2.05, 4.69) is 20.6 Å². The van der Waals surface area contributed by atoms with E-state index in [1.54, 1.807) is 24.3 Å². The van der Waals surface area contributed by atoms with Crippen molar-refractivity contribution in [1.82, 2.24) is 9.97 Å². The number of nitrogens with zero attached hydrogens (tertiary/aromatic N) is 2. The Labute approximate surface area is 151 Å². The van der Waals surface area contributed by atoms with Crippen molar-refractivity contribution in [2.75, 3.05) is 10.6 Å². The standard InChI is InChI=1S/C18H12F3N5O/c19-18(20,21)12-2-1-3-14(6-12)26-17(27)11(8-22)9-23-13-4-5-15-16(7-13)25-10-24-15/h1-7,9-10,23H,(H,24,25)(H,26,27)/b11-9-. The fraction of sp³-hybridized carbons (Fsp3) is 0.0556. The number of hydrogen-bond acceptors (Lipinski definition) is 4. The van der Waals surface area contributed by atoms with Gasteiger partial charge in [0, 0.05) is 17.6 Å². The Bertz CT molecular complexity index is 1060. The van der Waals surface area contributed by atoms with E-state index < -0.39 is 17.6 Å². The second kappa shape index (κ2) is 7.21. The average Bonchev–Trinajstić information content (AvgIpc) is 3.09. The van der Waals surface area contributed by atoms with Crippen LogP contribution in [0.15, 0.2) is 60.6 Å². The number of H-pyrrole nitrogens is 1. The highest BCUT2D eigenvalue weighted by atomic mass is 19.4. The summed E-state index contributed by atoms with van der Waals surface area (Å²) in [7, 11) is 0. The highest BCUT2D eigenvalue weighted by molar-refractivity contribution is 6.06. The van der Waals surface area contributed by atoms with Crippen molar-refractivity contribution in [1.29, 1.82) is 5.26 Å². The van der Waals surface area contributed by atoms with Gasteiger partial charge in [-0.3, -0.25) is 4.79 Å². The van der Waals surface area contributed by atoms with Crippen molar-refractivity contribution in [3.63, 3.8) is 0 Å². The number of imidazole rings is 1. The Morgan fingerprint density at radius 3 is 2.74 bits per heavy atom. The first-order valence-electron chi connectivity index (χ1n) is 7.65. The molecule has 27 heavy (non-hydrogen) atoms. The molecule has 0 unspecified atom stereocenters. The molecule has 0 saturated heterocycles. The second-order valence-corrected chi connectivity index (χ2v) is 5.48. The third-order valence-electron chi connectivity index (χ3n) is 3.62. The molecule has 0 radical (unpaired) electrons. The number of rotatable bonds is 4. The minimum Gasteiger partial charge on any atom is -0.360 e. The van der Waals surface area contributed by atoms with Gasteiger partial charge in [0.25, 0.3) is 5.91 Å². The van der Waals surface area contributed by atoms with Gasteiger partial charge in [-0.25, -0.2) is 4.98 Å². The number of hydrogen-bond donors (Lipinski definition) is 3. The van der Waals surface area contributed by atoms with E-state index in [-0.39, 0.29) is 11.3 Å². The molecule has 1 aromatic heterocycles. The number of nitriles is 1. The molecule has 0 aliphatic rings. The van der Waals surface area contributed by atoms with E-state index in [0.29, 0.717) is 5.69 Å². The maximum atomic E-state index is 12.7. The lowest BCUT2D eigenvalue weighted by Gasteiger charge is -2.09. The average molecular weight is 371 g/mol. The van der Waals surface area contributed by atoms with Crippen LogP contribution < -0.4 is 10.6 Å². The van der Waals surface area contributed by atoms with Gasteiger partial charge < -0.3 is 15.6 Å². The van der Waals surface area contributed by atoms with Gasteiger partial charge in [0.2, 0.25) is 0 Å². The predicted octanol–water partition coefficient (Wildman–Crippen LogP) is 4.04. The Morgan fingerprint density at radius 1 is 1.19 bits per heavy atom. The summed E-state index contributed by atoms with van der Waals surface area (Å²) in [6.45, 7) is 0. The molecule has 6 nitrogen and oxygen atoms in total. The van der Waals surface area contributed by atoms with Crippen molar-refractivity contribution in [3.8, 4) is 6.07 Å². The molecule has 136 valence electrons. The topological polar surface area (TPSA) is 93.6 Å². The summed E-state index contributed by atoms with van der Waals surface area (Å²) in [5, 5.41) is 14.2.